The summed E-state index contributed by atoms with van der Waals surface area (Å²) in [6, 6.07) is 2.20. The Balaban J connectivity index is 3.05. The van der Waals surface area contributed by atoms with Gasteiger partial charge in [-0.2, -0.15) is 0 Å². The maximum atomic E-state index is 5.55. The first-order valence-corrected chi connectivity index (χ1v) is 6.40. The fourth-order valence-corrected chi connectivity index (χ4v) is 1.92. The van der Waals surface area contributed by atoms with E-state index in [1.807, 2.05) is 7.05 Å². The van der Waals surface area contributed by atoms with Crippen LogP contribution in [0.3, 0.4) is 0 Å². The number of nitrogens with one attached hydrogen (secondary N) is 2. The van der Waals surface area contributed by atoms with Crippen molar-refractivity contribution in [3.8, 4) is 5.75 Å². The van der Waals surface area contributed by atoms with Crippen molar-refractivity contribution in [2.24, 2.45) is 0 Å². The van der Waals surface area contributed by atoms with Gasteiger partial charge in [-0.1, -0.05) is 6.07 Å². The molecule has 0 unspecified atom stereocenters. The summed E-state index contributed by atoms with van der Waals surface area (Å²) < 4.78 is 5.55. The summed E-state index contributed by atoms with van der Waals surface area (Å²) in [4.78, 5) is 0. The second-order valence-electron chi connectivity index (χ2n) is 5.53. The Morgan fingerprint density at radius 2 is 1.78 bits per heavy atom. The fraction of sp³-hybridized carbons (Fsp3) is 0.600. The average molecular weight is 250 g/mol. The lowest BCUT2D eigenvalue weighted by Gasteiger charge is -2.27. The summed E-state index contributed by atoms with van der Waals surface area (Å²) in [6.45, 7) is 11.5. The molecule has 1 aromatic carbocycles. The van der Waals surface area contributed by atoms with E-state index in [1.54, 1.807) is 7.11 Å². The minimum absolute atomic E-state index is 0.0518. The van der Waals surface area contributed by atoms with E-state index in [1.165, 1.54) is 16.7 Å². The van der Waals surface area contributed by atoms with E-state index in [-0.39, 0.29) is 5.54 Å². The van der Waals surface area contributed by atoms with E-state index in [0.717, 1.165) is 18.0 Å². The van der Waals surface area contributed by atoms with E-state index in [0.29, 0.717) is 0 Å². The van der Waals surface area contributed by atoms with Gasteiger partial charge in [0.05, 0.1) is 12.8 Å². The number of methoxy groups -OCH3 is 1. The van der Waals surface area contributed by atoms with Crippen LogP contribution in [-0.4, -0.2) is 26.2 Å². The molecule has 18 heavy (non-hydrogen) atoms. The maximum absolute atomic E-state index is 5.55. The molecule has 102 valence electrons. The van der Waals surface area contributed by atoms with E-state index < -0.39 is 0 Å². The number of likely N-dealkylation sites (N-methyl/N-ethyl adjacent to an activating group) is 1. The molecular formula is C15H26N2O. The second kappa shape index (κ2) is 5.61. The van der Waals surface area contributed by atoms with Crippen LogP contribution in [0.5, 0.6) is 5.75 Å². The third-order valence-corrected chi connectivity index (χ3v) is 3.57. The van der Waals surface area contributed by atoms with Crippen LogP contribution >= 0.6 is 0 Å². The van der Waals surface area contributed by atoms with Crippen molar-refractivity contribution in [1.29, 1.82) is 0 Å². The lowest BCUT2D eigenvalue weighted by atomic mass is 10.0. The van der Waals surface area contributed by atoms with Gasteiger partial charge in [0.1, 0.15) is 5.75 Å². The fourth-order valence-electron chi connectivity index (χ4n) is 1.92. The first kappa shape index (κ1) is 14.8. The van der Waals surface area contributed by atoms with Crippen molar-refractivity contribution in [3.05, 3.63) is 22.8 Å². The largest absolute Gasteiger partial charge is 0.494 e. The van der Waals surface area contributed by atoms with Crippen LogP contribution in [0.4, 0.5) is 5.69 Å². The van der Waals surface area contributed by atoms with Gasteiger partial charge in [0, 0.05) is 12.1 Å². The third-order valence-electron chi connectivity index (χ3n) is 3.57. The highest BCUT2D eigenvalue weighted by atomic mass is 16.5. The Labute approximate surface area is 111 Å². The monoisotopic (exact) mass is 250 g/mol. The van der Waals surface area contributed by atoms with Gasteiger partial charge in [-0.15, -0.1) is 0 Å². The molecule has 0 fully saturated rings. The van der Waals surface area contributed by atoms with Crippen molar-refractivity contribution in [3.63, 3.8) is 0 Å². The molecule has 0 atom stereocenters. The Morgan fingerprint density at radius 3 is 2.28 bits per heavy atom. The van der Waals surface area contributed by atoms with E-state index in [2.05, 4.69) is 51.3 Å². The van der Waals surface area contributed by atoms with Crippen LogP contribution in [-0.2, 0) is 0 Å². The lowest BCUT2D eigenvalue weighted by molar-refractivity contribution is 0.410. The number of rotatable bonds is 5. The number of hydrogen-bond donors (Lipinski definition) is 2. The van der Waals surface area contributed by atoms with Crippen LogP contribution < -0.4 is 15.4 Å². The molecular weight excluding hydrogens is 224 g/mol. The van der Waals surface area contributed by atoms with Gasteiger partial charge in [0.2, 0.25) is 0 Å². The van der Waals surface area contributed by atoms with Crippen LogP contribution in [0.2, 0.25) is 0 Å². The van der Waals surface area contributed by atoms with Crippen LogP contribution in [0, 0.1) is 20.8 Å². The summed E-state index contributed by atoms with van der Waals surface area (Å²) in [5.41, 5.74) is 4.84. The minimum Gasteiger partial charge on any atom is -0.494 e. The van der Waals surface area contributed by atoms with Crippen molar-refractivity contribution in [1.82, 2.24) is 5.32 Å². The first-order valence-electron chi connectivity index (χ1n) is 6.40. The summed E-state index contributed by atoms with van der Waals surface area (Å²) in [6.07, 6.45) is 0. The van der Waals surface area contributed by atoms with Gasteiger partial charge in [-0.25, -0.2) is 0 Å². The summed E-state index contributed by atoms with van der Waals surface area (Å²) in [5.74, 6) is 0.958. The molecule has 1 rings (SSSR count). The summed E-state index contributed by atoms with van der Waals surface area (Å²) in [7, 11) is 3.71. The number of hydrogen-bond acceptors (Lipinski definition) is 3. The first-order chi connectivity index (χ1) is 8.32. The van der Waals surface area contributed by atoms with Gasteiger partial charge < -0.3 is 15.4 Å². The molecule has 0 aliphatic heterocycles. The molecule has 0 radical (unpaired) electrons. The van der Waals surface area contributed by atoms with Crippen LogP contribution in [0.15, 0.2) is 6.07 Å². The molecule has 0 bridgehead atoms. The molecule has 0 heterocycles. The standard InChI is InChI=1S/C15H26N2O/c1-10-8-11(2)13(14(18-7)12(10)3)17-9-15(4,5)16-6/h8,16-17H,9H2,1-7H3. The number of aryl methyl sites for hydroxylation is 2. The summed E-state index contributed by atoms with van der Waals surface area (Å²) >= 11 is 0. The van der Waals surface area contributed by atoms with Gasteiger partial charge >= 0.3 is 0 Å². The smallest absolute Gasteiger partial charge is 0.145 e. The highest BCUT2D eigenvalue weighted by Crippen LogP contribution is 2.34. The molecule has 3 heteroatoms. The van der Waals surface area contributed by atoms with Crippen molar-refractivity contribution < 1.29 is 4.74 Å². The normalized spacial score (nSPS) is 11.5. The van der Waals surface area contributed by atoms with Gasteiger partial charge in [0.15, 0.2) is 0 Å². The molecule has 0 aromatic heterocycles. The maximum Gasteiger partial charge on any atom is 0.145 e. The SMILES string of the molecule is CNC(C)(C)CNc1c(C)cc(C)c(C)c1OC. The molecule has 0 amide bonds. The Bertz CT molecular complexity index is 425. The Morgan fingerprint density at radius 1 is 1.17 bits per heavy atom. The second-order valence-corrected chi connectivity index (χ2v) is 5.53. The number of ether oxygens (including phenoxy) is 1. The molecule has 0 saturated heterocycles. The zero-order chi connectivity index (χ0) is 13.9. The quantitative estimate of drug-likeness (QED) is 0.842. The number of anilines is 1. The zero-order valence-corrected chi connectivity index (χ0v) is 12.7. The highest BCUT2D eigenvalue weighted by Gasteiger charge is 2.17. The zero-order valence-electron chi connectivity index (χ0n) is 12.7. The molecule has 0 saturated carbocycles. The molecule has 0 aliphatic rings. The average Bonchev–Trinajstić information content (AvgIpc) is 2.32. The topological polar surface area (TPSA) is 33.3 Å². The van der Waals surface area contributed by atoms with E-state index >= 15 is 0 Å². The van der Waals surface area contributed by atoms with E-state index in [4.69, 9.17) is 4.74 Å². The molecule has 2 N–H and O–H groups in total. The van der Waals surface area contributed by atoms with Crippen molar-refractivity contribution in [2.75, 3.05) is 26.0 Å². The minimum atomic E-state index is 0.0518. The van der Waals surface area contributed by atoms with Crippen LogP contribution in [0.1, 0.15) is 30.5 Å². The lowest BCUT2D eigenvalue weighted by Crippen LogP contribution is -2.42. The van der Waals surface area contributed by atoms with E-state index in [9.17, 15) is 0 Å². The highest BCUT2D eigenvalue weighted by molar-refractivity contribution is 5.66. The van der Waals surface area contributed by atoms with Crippen LogP contribution in [0.25, 0.3) is 0 Å². The molecule has 0 aliphatic carbocycles. The predicted octanol–water partition coefficient (Wildman–Crippen LogP) is 3.03. The number of benzene rings is 1. The van der Waals surface area contributed by atoms with Crippen molar-refractivity contribution in [2.45, 2.75) is 40.2 Å². The van der Waals surface area contributed by atoms with Gasteiger partial charge in [-0.05, 0) is 58.4 Å². The van der Waals surface area contributed by atoms with Gasteiger partial charge in [-0.3, -0.25) is 0 Å². The Hall–Kier alpha value is -1.22. The summed E-state index contributed by atoms with van der Waals surface area (Å²) in [5, 5.41) is 6.80. The molecule has 1 aromatic rings. The predicted molar refractivity (Wildman–Crippen MR) is 78.8 cm³/mol. The van der Waals surface area contributed by atoms with Gasteiger partial charge in [0.25, 0.3) is 0 Å². The molecule has 0 spiro atoms. The van der Waals surface area contributed by atoms with Crippen molar-refractivity contribution >= 4 is 5.69 Å². The molecule has 3 nitrogen and oxygen atoms in total. The third kappa shape index (κ3) is 3.16. The Kier molecular flexibility index (Phi) is 4.63.